The number of alkyl halides is 3. The first-order valence-corrected chi connectivity index (χ1v) is 15.1. The minimum Gasteiger partial charge on any atom is -0.384 e. The van der Waals surface area contributed by atoms with Crippen LogP contribution < -0.4 is 10.6 Å². The molecule has 2 saturated heterocycles. The number of ether oxygens (including phenoxy) is 2. The fourth-order valence-electron chi connectivity index (χ4n) is 6.78. The number of rotatable bonds is 5. The summed E-state index contributed by atoms with van der Waals surface area (Å²) in [7, 11) is 0. The van der Waals surface area contributed by atoms with Crippen molar-refractivity contribution in [3.05, 3.63) is 35.2 Å². The normalized spacial score (nSPS) is 23.2. The van der Waals surface area contributed by atoms with Crippen LogP contribution in [-0.2, 0) is 22.1 Å². The summed E-state index contributed by atoms with van der Waals surface area (Å²) in [5.74, 6) is 0.943. The highest BCUT2D eigenvalue weighted by Crippen LogP contribution is 2.38. The Morgan fingerprint density at radius 2 is 1.67 bits per heavy atom. The topological polar surface area (TPSA) is 94.0 Å². The number of nitrogen functional groups attached to an aromatic ring is 1. The van der Waals surface area contributed by atoms with E-state index in [2.05, 4.69) is 25.9 Å². The first-order valence-electron chi connectivity index (χ1n) is 15.1. The van der Waals surface area contributed by atoms with Gasteiger partial charge in [0.05, 0.1) is 37.6 Å². The van der Waals surface area contributed by atoms with E-state index in [9.17, 15) is 13.2 Å². The smallest absolute Gasteiger partial charge is 0.384 e. The first-order chi connectivity index (χ1) is 20.3. The molecule has 6 rings (SSSR count). The Hall–Kier alpha value is -2.96. The third-order valence-electron chi connectivity index (χ3n) is 9.12. The molecule has 228 valence electrons. The minimum atomic E-state index is -4.63. The number of anilines is 2. The average molecular weight is 588 g/mol. The predicted molar refractivity (Wildman–Crippen MR) is 154 cm³/mol. The van der Waals surface area contributed by atoms with Crippen LogP contribution in [0.15, 0.2) is 18.3 Å². The zero-order valence-electron chi connectivity index (χ0n) is 24.2. The molecule has 0 aromatic carbocycles. The largest absolute Gasteiger partial charge is 0.417 e. The van der Waals surface area contributed by atoms with Gasteiger partial charge in [-0.25, -0.2) is 14.5 Å². The van der Waals surface area contributed by atoms with Crippen LogP contribution in [0.3, 0.4) is 0 Å². The zero-order chi connectivity index (χ0) is 29.3. The summed E-state index contributed by atoms with van der Waals surface area (Å²) in [6.45, 7) is 7.95. The summed E-state index contributed by atoms with van der Waals surface area (Å²) >= 11 is 0. The molecular formula is C30H40F3N7O2. The van der Waals surface area contributed by atoms with Crippen molar-refractivity contribution in [1.82, 2.24) is 24.5 Å². The highest BCUT2D eigenvalue weighted by atomic mass is 19.4. The number of hydrogen-bond acceptors (Lipinski definition) is 8. The van der Waals surface area contributed by atoms with Gasteiger partial charge >= 0.3 is 6.18 Å². The molecular weight excluding hydrogens is 547 g/mol. The maximum absolute atomic E-state index is 14.1. The highest BCUT2D eigenvalue weighted by molar-refractivity contribution is 5.74. The predicted octanol–water partition coefficient (Wildman–Crippen LogP) is 4.75. The molecule has 9 nitrogen and oxygen atoms in total. The number of aryl methyl sites for hydroxylation is 1. The maximum atomic E-state index is 14.1. The number of nitrogens with two attached hydrogens (primary N) is 1. The van der Waals surface area contributed by atoms with Crippen LogP contribution in [0.5, 0.6) is 0 Å². The van der Waals surface area contributed by atoms with E-state index in [0.717, 1.165) is 62.6 Å². The van der Waals surface area contributed by atoms with Gasteiger partial charge in [0.15, 0.2) is 11.6 Å². The van der Waals surface area contributed by atoms with Gasteiger partial charge in [-0.15, -0.1) is 5.10 Å². The quantitative estimate of drug-likeness (QED) is 0.457. The second-order valence-electron chi connectivity index (χ2n) is 11.8. The lowest BCUT2D eigenvalue weighted by molar-refractivity contribution is -0.137. The Bertz CT molecular complexity index is 1380. The maximum Gasteiger partial charge on any atom is 0.417 e. The van der Waals surface area contributed by atoms with E-state index in [0.29, 0.717) is 44.1 Å². The number of nitrogens with zero attached hydrogens (tertiary/aromatic N) is 6. The fraction of sp³-hybridized carbons (Fsp3) is 0.633. The summed E-state index contributed by atoms with van der Waals surface area (Å²) in [5, 5.41) is 4.67. The van der Waals surface area contributed by atoms with Gasteiger partial charge in [0.1, 0.15) is 11.3 Å². The number of pyridine rings is 1. The van der Waals surface area contributed by atoms with E-state index in [1.54, 1.807) is 4.52 Å². The third-order valence-corrected chi connectivity index (χ3v) is 9.12. The molecule has 3 fully saturated rings. The molecule has 2 aliphatic heterocycles. The van der Waals surface area contributed by atoms with Crippen molar-refractivity contribution in [2.24, 2.45) is 5.92 Å². The van der Waals surface area contributed by atoms with Crippen LogP contribution in [0.1, 0.15) is 55.3 Å². The van der Waals surface area contributed by atoms with E-state index in [1.165, 1.54) is 37.7 Å². The van der Waals surface area contributed by atoms with Gasteiger partial charge in [-0.2, -0.15) is 13.2 Å². The van der Waals surface area contributed by atoms with Crippen LogP contribution in [-0.4, -0.2) is 83.1 Å². The number of aromatic nitrogens is 4. The lowest BCUT2D eigenvalue weighted by Gasteiger charge is -2.36. The number of hydrogen-bond donors (Lipinski definition) is 1. The molecule has 3 aliphatic rings. The Morgan fingerprint density at radius 3 is 2.40 bits per heavy atom. The third kappa shape index (κ3) is 6.21. The molecule has 3 aromatic heterocycles. The van der Waals surface area contributed by atoms with Crippen molar-refractivity contribution >= 4 is 17.2 Å². The molecule has 0 amide bonds. The average Bonchev–Trinajstić information content (AvgIpc) is 3.29. The molecule has 0 radical (unpaired) electrons. The lowest BCUT2D eigenvalue weighted by atomic mass is 9.84. The first kappa shape index (κ1) is 29.1. The molecule has 2 atom stereocenters. The van der Waals surface area contributed by atoms with Crippen LogP contribution in [0.4, 0.5) is 24.8 Å². The Kier molecular flexibility index (Phi) is 8.56. The minimum absolute atomic E-state index is 0.0200. The van der Waals surface area contributed by atoms with Crippen molar-refractivity contribution in [3.63, 3.8) is 0 Å². The summed E-state index contributed by atoms with van der Waals surface area (Å²) < 4.78 is 55.1. The molecule has 12 heteroatoms. The summed E-state index contributed by atoms with van der Waals surface area (Å²) in [6, 6.07) is 3.61. The summed E-state index contributed by atoms with van der Waals surface area (Å²) in [4.78, 5) is 13.4. The van der Waals surface area contributed by atoms with Crippen LogP contribution in [0.2, 0.25) is 0 Å². The lowest BCUT2D eigenvalue weighted by Crippen LogP contribution is -2.44. The van der Waals surface area contributed by atoms with Gasteiger partial charge in [-0.05, 0) is 56.2 Å². The van der Waals surface area contributed by atoms with Gasteiger partial charge in [0.25, 0.3) is 0 Å². The van der Waals surface area contributed by atoms with Crippen molar-refractivity contribution in [3.8, 4) is 11.4 Å². The molecule has 3 aromatic rings. The Morgan fingerprint density at radius 1 is 0.952 bits per heavy atom. The molecule has 1 saturated carbocycles. The second kappa shape index (κ2) is 12.3. The van der Waals surface area contributed by atoms with E-state index in [1.807, 2.05) is 6.92 Å². The molecule has 0 bridgehead atoms. The number of halogens is 3. The SMILES string of the molecule is Cc1c(CC2CCCCC(N3CCOCC3)CC2)cc2c(N3CCOCC3)nc(-c3cnc(N)cc3C(F)(F)F)nn12. The molecule has 2 N–H and O–H groups in total. The number of morpholine rings is 2. The van der Waals surface area contributed by atoms with Crippen molar-refractivity contribution in [2.75, 3.05) is 63.2 Å². The monoisotopic (exact) mass is 587 g/mol. The van der Waals surface area contributed by atoms with Crippen LogP contribution >= 0.6 is 0 Å². The van der Waals surface area contributed by atoms with E-state index in [-0.39, 0.29) is 17.2 Å². The molecule has 2 unspecified atom stereocenters. The van der Waals surface area contributed by atoms with Gasteiger partial charge in [0.2, 0.25) is 0 Å². The van der Waals surface area contributed by atoms with Gasteiger partial charge in [-0.3, -0.25) is 4.90 Å². The zero-order valence-corrected chi connectivity index (χ0v) is 24.2. The standard InChI is InChI=1S/C30H40F3N7O2/c1-20-22(16-21-4-2-3-5-23(7-6-21)38-8-12-41-13-9-38)17-26-29(39-10-14-42-15-11-39)36-28(37-40(20)26)24-19-35-27(34)18-25(24)30(31,32)33/h17-19,21,23H,2-16H2,1H3,(H2,34,35). The van der Waals surface area contributed by atoms with Gasteiger partial charge < -0.3 is 20.1 Å². The second-order valence-corrected chi connectivity index (χ2v) is 11.8. The Labute approximate surface area is 244 Å². The molecule has 42 heavy (non-hydrogen) atoms. The van der Waals surface area contributed by atoms with Crippen molar-refractivity contribution in [1.29, 1.82) is 0 Å². The van der Waals surface area contributed by atoms with Crippen LogP contribution in [0, 0.1) is 12.8 Å². The summed E-state index contributed by atoms with van der Waals surface area (Å²) in [5.41, 5.74) is 7.49. The highest BCUT2D eigenvalue weighted by Gasteiger charge is 2.36. The van der Waals surface area contributed by atoms with E-state index < -0.39 is 11.7 Å². The summed E-state index contributed by atoms with van der Waals surface area (Å²) in [6.07, 6.45) is 4.65. The van der Waals surface area contributed by atoms with Crippen molar-refractivity contribution in [2.45, 2.75) is 64.1 Å². The fourth-order valence-corrected chi connectivity index (χ4v) is 6.78. The van der Waals surface area contributed by atoms with Gasteiger partial charge in [-0.1, -0.05) is 19.3 Å². The molecule has 5 heterocycles. The number of fused-ring (bicyclic) bond motifs is 1. The van der Waals surface area contributed by atoms with Gasteiger partial charge in [0, 0.05) is 44.1 Å². The van der Waals surface area contributed by atoms with Crippen molar-refractivity contribution < 1.29 is 22.6 Å². The van der Waals surface area contributed by atoms with Crippen LogP contribution in [0.25, 0.3) is 16.9 Å². The van der Waals surface area contributed by atoms with E-state index in [4.69, 9.17) is 20.2 Å². The Balaban J connectivity index is 1.34. The molecule has 0 spiro atoms. The molecule has 1 aliphatic carbocycles. The van der Waals surface area contributed by atoms with E-state index >= 15 is 0 Å².